The lowest BCUT2D eigenvalue weighted by Crippen LogP contribution is -2.18. The van der Waals surface area contributed by atoms with Crippen LogP contribution in [-0.4, -0.2) is 11.2 Å². The van der Waals surface area contributed by atoms with Gasteiger partial charge >= 0.3 is 0 Å². The Morgan fingerprint density at radius 1 is 1.21 bits per heavy atom. The van der Waals surface area contributed by atoms with E-state index in [1.165, 1.54) is 0 Å². The number of nitrogens with zero attached hydrogens (tertiary/aromatic N) is 1. The zero-order valence-electron chi connectivity index (χ0n) is 11.8. The van der Waals surface area contributed by atoms with Crippen LogP contribution in [0.4, 0.5) is 0 Å². The highest BCUT2D eigenvalue weighted by atomic mass is 16.5. The molecule has 0 saturated carbocycles. The number of ether oxygens (including phenoxy) is 1. The third-order valence-corrected chi connectivity index (χ3v) is 3.27. The minimum Gasteiger partial charge on any atom is -0.493 e. The summed E-state index contributed by atoms with van der Waals surface area (Å²) in [6.45, 7) is 7.69. The maximum atomic E-state index is 12.2. The second kappa shape index (κ2) is 5.91. The smallest absolute Gasteiger partial charge is 0.258 e. The lowest BCUT2D eigenvalue weighted by Gasteiger charge is -2.11. The fraction of sp³-hybridized carbons (Fsp3) is 0.438. The Labute approximate surface area is 113 Å². The first-order chi connectivity index (χ1) is 9.13. The van der Waals surface area contributed by atoms with Crippen LogP contribution in [-0.2, 0) is 6.54 Å². The van der Waals surface area contributed by atoms with Crippen molar-refractivity contribution >= 4 is 10.8 Å². The molecule has 0 saturated heterocycles. The highest BCUT2D eigenvalue weighted by molar-refractivity contribution is 5.87. The lowest BCUT2D eigenvalue weighted by atomic mass is 10.1. The summed E-state index contributed by atoms with van der Waals surface area (Å²) in [7, 11) is 0. The average molecular weight is 259 g/mol. The third-order valence-electron chi connectivity index (χ3n) is 3.27. The third kappa shape index (κ3) is 2.98. The Bertz CT molecular complexity index is 614. The maximum absolute atomic E-state index is 12.2. The number of aromatic nitrogens is 1. The fourth-order valence-electron chi connectivity index (χ4n) is 2.07. The van der Waals surface area contributed by atoms with Crippen LogP contribution in [0, 0.1) is 5.92 Å². The minimum absolute atomic E-state index is 0.0503. The van der Waals surface area contributed by atoms with Gasteiger partial charge in [0.05, 0.1) is 12.0 Å². The summed E-state index contributed by atoms with van der Waals surface area (Å²) in [5.41, 5.74) is 0.0503. The zero-order chi connectivity index (χ0) is 13.8. The molecule has 0 unspecified atom stereocenters. The molecule has 1 aromatic carbocycles. The minimum atomic E-state index is 0.0503. The van der Waals surface area contributed by atoms with Crippen molar-refractivity contribution < 1.29 is 4.74 Å². The highest BCUT2D eigenvalue weighted by Gasteiger charge is 2.06. The normalized spacial score (nSPS) is 11.2. The summed E-state index contributed by atoms with van der Waals surface area (Å²) in [5, 5.41) is 1.63. The van der Waals surface area contributed by atoms with Gasteiger partial charge in [0, 0.05) is 18.1 Å². The van der Waals surface area contributed by atoms with Gasteiger partial charge in [-0.2, -0.15) is 0 Å². The molecule has 3 nitrogen and oxygen atoms in total. The van der Waals surface area contributed by atoms with Crippen LogP contribution in [0.25, 0.3) is 10.8 Å². The predicted molar refractivity (Wildman–Crippen MR) is 78.8 cm³/mol. The number of hydrogen-bond donors (Lipinski definition) is 0. The van der Waals surface area contributed by atoms with Crippen molar-refractivity contribution in [3.63, 3.8) is 0 Å². The summed E-state index contributed by atoms with van der Waals surface area (Å²) in [4.78, 5) is 12.2. The lowest BCUT2D eigenvalue weighted by molar-refractivity contribution is 0.292. The van der Waals surface area contributed by atoms with E-state index in [4.69, 9.17) is 4.74 Å². The summed E-state index contributed by atoms with van der Waals surface area (Å²) in [5.74, 6) is 1.42. The van der Waals surface area contributed by atoms with Crippen molar-refractivity contribution in [1.29, 1.82) is 0 Å². The average Bonchev–Trinajstić information content (AvgIpc) is 2.39. The maximum Gasteiger partial charge on any atom is 0.258 e. The Kier molecular flexibility index (Phi) is 4.25. The molecular weight excluding hydrogens is 238 g/mol. The molecule has 0 aliphatic rings. The van der Waals surface area contributed by atoms with Gasteiger partial charge in [-0.05, 0) is 37.5 Å². The SMILES string of the molecule is CCn1ccc2c(OCCC(C)C)cccc2c1=O. The van der Waals surface area contributed by atoms with Crippen LogP contribution >= 0.6 is 0 Å². The molecule has 0 aliphatic heterocycles. The van der Waals surface area contributed by atoms with Crippen LogP contribution in [0.1, 0.15) is 27.2 Å². The molecule has 2 rings (SSSR count). The van der Waals surface area contributed by atoms with Gasteiger partial charge in [-0.3, -0.25) is 4.79 Å². The van der Waals surface area contributed by atoms with Crippen LogP contribution < -0.4 is 10.3 Å². The first-order valence-electron chi connectivity index (χ1n) is 6.88. The second-order valence-electron chi connectivity index (χ2n) is 5.16. The van der Waals surface area contributed by atoms with E-state index in [-0.39, 0.29) is 5.56 Å². The van der Waals surface area contributed by atoms with E-state index in [0.29, 0.717) is 19.1 Å². The number of aryl methyl sites for hydroxylation is 1. The number of benzene rings is 1. The standard InChI is InChI=1S/C16H21NO2/c1-4-17-10-8-13-14(16(17)18)6-5-7-15(13)19-11-9-12(2)3/h5-8,10,12H,4,9,11H2,1-3H3. The second-order valence-corrected chi connectivity index (χ2v) is 5.16. The van der Waals surface area contributed by atoms with Gasteiger partial charge in [0.1, 0.15) is 5.75 Å². The van der Waals surface area contributed by atoms with Crippen molar-refractivity contribution in [1.82, 2.24) is 4.57 Å². The summed E-state index contributed by atoms with van der Waals surface area (Å²) < 4.78 is 7.52. The van der Waals surface area contributed by atoms with Gasteiger partial charge in [0.25, 0.3) is 5.56 Å². The van der Waals surface area contributed by atoms with Crippen molar-refractivity contribution in [3.05, 3.63) is 40.8 Å². The summed E-state index contributed by atoms with van der Waals surface area (Å²) >= 11 is 0. The molecule has 1 aromatic heterocycles. The summed E-state index contributed by atoms with van der Waals surface area (Å²) in [6, 6.07) is 7.64. The van der Waals surface area contributed by atoms with Gasteiger partial charge < -0.3 is 9.30 Å². The van der Waals surface area contributed by atoms with E-state index in [0.717, 1.165) is 22.9 Å². The van der Waals surface area contributed by atoms with E-state index >= 15 is 0 Å². The van der Waals surface area contributed by atoms with Gasteiger partial charge in [0.2, 0.25) is 0 Å². The van der Waals surface area contributed by atoms with Crippen molar-refractivity contribution in [2.24, 2.45) is 5.92 Å². The monoisotopic (exact) mass is 259 g/mol. The number of pyridine rings is 1. The van der Waals surface area contributed by atoms with Gasteiger partial charge in [-0.1, -0.05) is 19.9 Å². The first kappa shape index (κ1) is 13.7. The predicted octanol–water partition coefficient (Wildman–Crippen LogP) is 3.45. The van der Waals surface area contributed by atoms with Crippen molar-refractivity contribution in [2.75, 3.05) is 6.61 Å². The molecule has 102 valence electrons. The quantitative estimate of drug-likeness (QED) is 0.823. The Hall–Kier alpha value is -1.77. The Balaban J connectivity index is 2.35. The molecule has 0 atom stereocenters. The number of hydrogen-bond acceptors (Lipinski definition) is 2. The Morgan fingerprint density at radius 3 is 2.68 bits per heavy atom. The molecule has 19 heavy (non-hydrogen) atoms. The van der Waals surface area contributed by atoms with Crippen LogP contribution in [0.2, 0.25) is 0 Å². The van der Waals surface area contributed by atoms with Crippen LogP contribution in [0.3, 0.4) is 0 Å². The molecule has 0 amide bonds. The van der Waals surface area contributed by atoms with Crippen molar-refractivity contribution in [2.45, 2.75) is 33.7 Å². The topological polar surface area (TPSA) is 31.2 Å². The van der Waals surface area contributed by atoms with Gasteiger partial charge in [-0.15, -0.1) is 0 Å². The molecule has 0 N–H and O–H groups in total. The first-order valence-corrected chi connectivity index (χ1v) is 6.88. The van der Waals surface area contributed by atoms with E-state index in [9.17, 15) is 4.79 Å². The molecule has 3 heteroatoms. The molecule has 0 spiro atoms. The van der Waals surface area contributed by atoms with E-state index in [2.05, 4.69) is 13.8 Å². The molecule has 0 bridgehead atoms. The van der Waals surface area contributed by atoms with Crippen LogP contribution in [0.15, 0.2) is 35.3 Å². The summed E-state index contributed by atoms with van der Waals surface area (Å²) in [6.07, 6.45) is 2.85. The van der Waals surface area contributed by atoms with E-state index < -0.39 is 0 Å². The Morgan fingerprint density at radius 2 is 2.00 bits per heavy atom. The molecule has 0 aliphatic carbocycles. The zero-order valence-corrected chi connectivity index (χ0v) is 11.8. The largest absolute Gasteiger partial charge is 0.493 e. The van der Waals surface area contributed by atoms with E-state index in [1.54, 1.807) is 4.57 Å². The molecule has 1 heterocycles. The molecule has 0 radical (unpaired) electrons. The van der Waals surface area contributed by atoms with Crippen molar-refractivity contribution in [3.8, 4) is 5.75 Å². The van der Waals surface area contributed by atoms with Gasteiger partial charge in [0.15, 0.2) is 0 Å². The number of rotatable bonds is 5. The van der Waals surface area contributed by atoms with Gasteiger partial charge in [-0.25, -0.2) is 0 Å². The van der Waals surface area contributed by atoms with E-state index in [1.807, 2.05) is 37.4 Å². The highest BCUT2D eigenvalue weighted by Crippen LogP contribution is 2.23. The molecular formula is C16H21NO2. The molecule has 0 fully saturated rings. The molecule has 2 aromatic rings. The number of fused-ring (bicyclic) bond motifs is 1. The fourth-order valence-corrected chi connectivity index (χ4v) is 2.07. The van der Waals surface area contributed by atoms with Crippen LogP contribution in [0.5, 0.6) is 5.75 Å².